The van der Waals surface area contributed by atoms with Crippen LogP contribution in [0.25, 0.3) is 11.6 Å². The molecule has 7 nitrogen and oxygen atoms in total. The lowest BCUT2D eigenvalue weighted by Crippen LogP contribution is -2.04. The Morgan fingerprint density at radius 1 is 1.00 bits per heavy atom. The number of esters is 1. The zero-order valence-corrected chi connectivity index (χ0v) is 18.2. The fourth-order valence-electron chi connectivity index (χ4n) is 3.32. The molecule has 0 saturated carbocycles. The number of aromatic nitrogens is 1. The van der Waals surface area contributed by atoms with Crippen LogP contribution in [0, 0.1) is 6.92 Å². The van der Waals surface area contributed by atoms with Crippen molar-refractivity contribution >= 4 is 23.3 Å². The van der Waals surface area contributed by atoms with Gasteiger partial charge >= 0.3 is 5.97 Å². The van der Waals surface area contributed by atoms with Crippen LogP contribution in [0.2, 0.25) is 0 Å². The van der Waals surface area contributed by atoms with Gasteiger partial charge in [0, 0.05) is 6.20 Å². The van der Waals surface area contributed by atoms with E-state index in [9.17, 15) is 9.59 Å². The van der Waals surface area contributed by atoms with Crippen LogP contribution in [0.3, 0.4) is 0 Å². The predicted molar refractivity (Wildman–Crippen MR) is 118 cm³/mol. The number of hydrogen-bond donors (Lipinski definition) is 0. The number of fused-ring (bicyclic) bond motifs is 1. The Bertz CT molecular complexity index is 1130. The monoisotopic (exact) mass is 423 g/mol. The molecule has 0 aliphatic heterocycles. The molecule has 0 saturated heterocycles. The largest absolute Gasteiger partial charge is 0.493 e. The van der Waals surface area contributed by atoms with Gasteiger partial charge in [0.05, 0.1) is 44.7 Å². The standard InChI is InChI=1S/C24H25NO6/c1-6-31-24(27)17-14-19(25-10-9-15(2)11-18(17)25)20(26)8-7-16-12-21(28-3)23(30-5)22(13-16)29-4/h7-14H,6H2,1-5H3/b8-7+. The number of rotatable bonds is 8. The van der Waals surface area contributed by atoms with Gasteiger partial charge in [-0.15, -0.1) is 0 Å². The molecule has 1 aromatic carbocycles. The Hall–Kier alpha value is -3.74. The Morgan fingerprint density at radius 3 is 2.26 bits per heavy atom. The molecule has 3 rings (SSSR count). The summed E-state index contributed by atoms with van der Waals surface area (Å²) in [5.41, 5.74) is 3.02. The van der Waals surface area contributed by atoms with Gasteiger partial charge in [-0.25, -0.2) is 4.79 Å². The van der Waals surface area contributed by atoms with Crippen molar-refractivity contribution < 1.29 is 28.5 Å². The zero-order valence-electron chi connectivity index (χ0n) is 18.2. The van der Waals surface area contributed by atoms with Crippen molar-refractivity contribution in [2.24, 2.45) is 0 Å². The number of hydrogen-bond acceptors (Lipinski definition) is 6. The third-order valence-electron chi connectivity index (χ3n) is 4.79. The third kappa shape index (κ3) is 4.40. The molecule has 2 heterocycles. The molecule has 0 fully saturated rings. The fraction of sp³-hybridized carbons (Fsp3) is 0.250. The maximum atomic E-state index is 13.0. The first-order valence-corrected chi connectivity index (χ1v) is 9.74. The van der Waals surface area contributed by atoms with Gasteiger partial charge in [0.2, 0.25) is 11.5 Å². The van der Waals surface area contributed by atoms with E-state index in [0.717, 1.165) is 5.56 Å². The van der Waals surface area contributed by atoms with Crippen molar-refractivity contribution in [1.82, 2.24) is 4.40 Å². The first-order valence-electron chi connectivity index (χ1n) is 9.74. The summed E-state index contributed by atoms with van der Waals surface area (Å²) in [6, 6.07) is 8.78. The highest BCUT2D eigenvalue weighted by atomic mass is 16.5. The summed E-state index contributed by atoms with van der Waals surface area (Å²) < 4.78 is 22.9. The number of carbonyl (C=O) groups excluding carboxylic acids is 2. The molecule has 0 bridgehead atoms. The molecule has 3 aromatic rings. The Morgan fingerprint density at radius 2 is 1.68 bits per heavy atom. The summed E-state index contributed by atoms with van der Waals surface area (Å²) in [7, 11) is 4.59. The van der Waals surface area contributed by atoms with Crippen LogP contribution in [0.1, 0.15) is 38.9 Å². The van der Waals surface area contributed by atoms with Crippen molar-refractivity contribution in [2.75, 3.05) is 27.9 Å². The number of allylic oxidation sites excluding steroid dienone is 1. The van der Waals surface area contributed by atoms with Crippen LogP contribution >= 0.6 is 0 Å². The minimum atomic E-state index is -0.460. The van der Waals surface area contributed by atoms with Crippen LogP contribution in [0.5, 0.6) is 17.2 Å². The predicted octanol–water partition coefficient (Wildman–Crippen LogP) is 4.35. The Balaban J connectivity index is 2.01. The van der Waals surface area contributed by atoms with E-state index in [4.69, 9.17) is 18.9 Å². The number of carbonyl (C=O) groups is 2. The lowest BCUT2D eigenvalue weighted by molar-refractivity contribution is 0.0529. The second-order valence-corrected chi connectivity index (χ2v) is 6.78. The average molecular weight is 423 g/mol. The number of pyridine rings is 1. The highest BCUT2D eigenvalue weighted by Gasteiger charge is 2.19. The van der Waals surface area contributed by atoms with Gasteiger partial charge in [0.25, 0.3) is 0 Å². The van der Waals surface area contributed by atoms with Crippen molar-refractivity contribution in [3.05, 3.63) is 65.0 Å². The molecule has 2 aromatic heterocycles. The van der Waals surface area contributed by atoms with Crippen LogP contribution in [0.4, 0.5) is 0 Å². The molecular weight excluding hydrogens is 398 g/mol. The van der Waals surface area contributed by atoms with E-state index in [1.807, 2.05) is 19.1 Å². The number of nitrogens with zero attached hydrogens (tertiary/aromatic N) is 1. The Labute approximate surface area is 180 Å². The molecule has 0 unspecified atom stereocenters. The molecule has 0 aliphatic rings. The van der Waals surface area contributed by atoms with E-state index in [-0.39, 0.29) is 12.4 Å². The van der Waals surface area contributed by atoms with Gasteiger partial charge in [-0.2, -0.15) is 0 Å². The zero-order chi connectivity index (χ0) is 22.5. The van der Waals surface area contributed by atoms with Gasteiger partial charge in [0.1, 0.15) is 0 Å². The molecule has 0 aliphatic carbocycles. The van der Waals surface area contributed by atoms with E-state index < -0.39 is 5.97 Å². The molecule has 0 atom stereocenters. The lowest BCUT2D eigenvalue weighted by atomic mass is 10.1. The first kappa shape index (κ1) is 22.0. The van der Waals surface area contributed by atoms with E-state index in [2.05, 4.69) is 0 Å². The van der Waals surface area contributed by atoms with Gasteiger partial charge < -0.3 is 23.3 Å². The van der Waals surface area contributed by atoms with Crippen LogP contribution in [-0.4, -0.2) is 44.1 Å². The Kier molecular flexibility index (Phi) is 6.65. The smallest absolute Gasteiger partial charge is 0.340 e. The summed E-state index contributed by atoms with van der Waals surface area (Å²) in [5.74, 6) is 0.728. The summed E-state index contributed by atoms with van der Waals surface area (Å²) >= 11 is 0. The summed E-state index contributed by atoms with van der Waals surface area (Å²) in [6.45, 7) is 3.92. The lowest BCUT2D eigenvalue weighted by Gasteiger charge is -2.12. The molecular formula is C24H25NO6. The first-order chi connectivity index (χ1) is 14.9. The van der Waals surface area contributed by atoms with Crippen molar-refractivity contribution in [3.63, 3.8) is 0 Å². The molecule has 31 heavy (non-hydrogen) atoms. The summed E-state index contributed by atoms with van der Waals surface area (Å²) in [6.07, 6.45) is 4.87. The van der Waals surface area contributed by atoms with Crippen LogP contribution < -0.4 is 14.2 Å². The summed E-state index contributed by atoms with van der Waals surface area (Å²) in [5, 5.41) is 0. The van der Waals surface area contributed by atoms with Crippen LogP contribution in [-0.2, 0) is 4.74 Å². The maximum Gasteiger partial charge on any atom is 0.340 e. The molecule has 0 amide bonds. The SMILES string of the molecule is CCOC(=O)c1cc(C(=O)/C=C/c2cc(OC)c(OC)c(OC)c2)n2ccc(C)cc12. The highest BCUT2D eigenvalue weighted by Crippen LogP contribution is 2.38. The second kappa shape index (κ2) is 9.38. The van der Waals surface area contributed by atoms with Gasteiger partial charge in [0.15, 0.2) is 11.5 Å². The molecule has 0 N–H and O–H groups in total. The van der Waals surface area contributed by atoms with E-state index in [0.29, 0.717) is 39.6 Å². The number of methoxy groups -OCH3 is 3. The quantitative estimate of drug-likeness (QED) is 0.305. The minimum Gasteiger partial charge on any atom is -0.493 e. The summed E-state index contributed by atoms with van der Waals surface area (Å²) in [4.78, 5) is 25.4. The van der Waals surface area contributed by atoms with E-state index >= 15 is 0 Å². The second-order valence-electron chi connectivity index (χ2n) is 6.78. The molecule has 0 radical (unpaired) electrons. The van der Waals surface area contributed by atoms with Crippen molar-refractivity contribution in [2.45, 2.75) is 13.8 Å². The van der Waals surface area contributed by atoms with Gasteiger partial charge in [-0.05, 0) is 61.4 Å². The number of ketones is 1. The minimum absolute atomic E-state index is 0.256. The van der Waals surface area contributed by atoms with Crippen molar-refractivity contribution in [3.8, 4) is 17.2 Å². The van der Waals surface area contributed by atoms with E-state index in [1.165, 1.54) is 27.4 Å². The van der Waals surface area contributed by atoms with E-state index in [1.54, 1.807) is 41.8 Å². The van der Waals surface area contributed by atoms with Crippen LogP contribution in [0.15, 0.2) is 42.6 Å². The highest BCUT2D eigenvalue weighted by molar-refractivity contribution is 6.09. The number of benzene rings is 1. The third-order valence-corrected chi connectivity index (χ3v) is 4.79. The topological polar surface area (TPSA) is 75.5 Å². The van der Waals surface area contributed by atoms with Gasteiger partial charge in [-0.3, -0.25) is 4.79 Å². The maximum absolute atomic E-state index is 13.0. The normalized spacial score (nSPS) is 11.0. The molecule has 162 valence electrons. The number of ether oxygens (including phenoxy) is 4. The van der Waals surface area contributed by atoms with Crippen molar-refractivity contribution in [1.29, 1.82) is 0 Å². The fourth-order valence-corrected chi connectivity index (χ4v) is 3.32. The molecule has 0 spiro atoms. The number of aryl methyl sites for hydroxylation is 1. The molecule has 7 heteroatoms. The van der Waals surface area contributed by atoms with Gasteiger partial charge in [-0.1, -0.05) is 6.08 Å². The average Bonchev–Trinajstić information content (AvgIpc) is 3.15.